The molecule has 4 aromatic rings. The lowest BCUT2D eigenvalue weighted by molar-refractivity contribution is 0.0966. The smallest absolute Gasteiger partial charge is 0.123 e. The highest BCUT2D eigenvalue weighted by Crippen LogP contribution is 2.34. The Kier molecular flexibility index (Phi) is 8.62. The van der Waals surface area contributed by atoms with Crippen LogP contribution in [0.1, 0.15) is 28.7 Å². The van der Waals surface area contributed by atoms with Crippen LogP contribution in [0, 0.1) is 11.7 Å². The lowest BCUT2D eigenvalue weighted by Crippen LogP contribution is -2.48. The standard InChI is InChI=1S/C39H41FN8/c40-36-8-4-7-32(18-36)25-47-27-35(22-43-47)38-23-42-39-37(38)19-33(20-41-39)34-21-44-48(26-34)28-46-15-13-45(14-16-46)24-31-11-9-30(10-12-31)17-29-5-2-1-3-6-29/h1-11,18-23,26-27,31,39,41-42H,12-17,24-25,28H2. The molecule has 1 fully saturated rings. The lowest BCUT2D eigenvalue weighted by atomic mass is 9.93. The second-order valence-corrected chi connectivity index (χ2v) is 13.2. The second-order valence-electron chi connectivity index (χ2n) is 13.2. The minimum atomic E-state index is -0.233. The molecule has 0 saturated carbocycles. The molecule has 1 aliphatic carbocycles. The Labute approximate surface area is 281 Å². The molecule has 9 heteroatoms. The molecule has 2 aromatic heterocycles. The first-order valence-electron chi connectivity index (χ1n) is 16.9. The van der Waals surface area contributed by atoms with Crippen molar-refractivity contribution >= 4 is 11.1 Å². The van der Waals surface area contributed by atoms with Gasteiger partial charge in [-0.3, -0.25) is 14.3 Å². The van der Waals surface area contributed by atoms with Gasteiger partial charge in [-0.25, -0.2) is 4.39 Å². The van der Waals surface area contributed by atoms with Gasteiger partial charge in [0.15, 0.2) is 0 Å². The minimum Gasteiger partial charge on any atom is -0.367 e. The number of hydrogen-bond acceptors (Lipinski definition) is 6. The second kappa shape index (κ2) is 13.6. The van der Waals surface area contributed by atoms with E-state index in [0.717, 1.165) is 85.6 Å². The minimum absolute atomic E-state index is 0.0122. The van der Waals surface area contributed by atoms with Gasteiger partial charge >= 0.3 is 0 Å². The number of benzene rings is 2. The van der Waals surface area contributed by atoms with E-state index in [9.17, 15) is 4.39 Å². The topological polar surface area (TPSA) is 66.2 Å². The third kappa shape index (κ3) is 6.98. The van der Waals surface area contributed by atoms with Crippen LogP contribution in [0.2, 0.25) is 0 Å². The summed E-state index contributed by atoms with van der Waals surface area (Å²) in [5.41, 5.74) is 9.16. The summed E-state index contributed by atoms with van der Waals surface area (Å²) in [5.74, 6) is 0.362. The van der Waals surface area contributed by atoms with E-state index in [4.69, 9.17) is 5.10 Å². The van der Waals surface area contributed by atoms with Gasteiger partial charge in [0.1, 0.15) is 12.0 Å². The van der Waals surface area contributed by atoms with Gasteiger partial charge in [-0.1, -0.05) is 60.7 Å². The molecule has 8 rings (SSSR count). The Balaban J connectivity index is 0.828. The normalized spacial score (nSPS) is 21.1. The maximum atomic E-state index is 13.7. The van der Waals surface area contributed by atoms with E-state index < -0.39 is 0 Å². The van der Waals surface area contributed by atoms with Crippen molar-refractivity contribution in [3.8, 4) is 0 Å². The van der Waals surface area contributed by atoms with Crippen molar-refractivity contribution < 1.29 is 4.39 Å². The van der Waals surface area contributed by atoms with Crippen molar-refractivity contribution in [2.24, 2.45) is 5.92 Å². The molecule has 2 aromatic carbocycles. The molecule has 0 radical (unpaired) electrons. The Bertz CT molecular complexity index is 1900. The summed E-state index contributed by atoms with van der Waals surface area (Å²) >= 11 is 0. The van der Waals surface area contributed by atoms with Gasteiger partial charge in [-0.05, 0) is 53.7 Å². The summed E-state index contributed by atoms with van der Waals surface area (Å²) in [5, 5.41) is 16.2. The summed E-state index contributed by atoms with van der Waals surface area (Å²) in [6, 6.07) is 17.4. The predicted octanol–water partition coefficient (Wildman–Crippen LogP) is 5.43. The van der Waals surface area contributed by atoms with Crippen LogP contribution in [0.4, 0.5) is 4.39 Å². The van der Waals surface area contributed by atoms with Crippen molar-refractivity contribution in [1.82, 2.24) is 40.0 Å². The van der Waals surface area contributed by atoms with Crippen molar-refractivity contribution in [3.05, 3.63) is 155 Å². The number of fused-ring (bicyclic) bond motifs is 1. The van der Waals surface area contributed by atoms with Gasteiger partial charge in [0.05, 0.1) is 25.6 Å². The number of dihydropyridines is 1. The Morgan fingerprint density at radius 2 is 1.58 bits per heavy atom. The zero-order valence-electron chi connectivity index (χ0n) is 27.0. The van der Waals surface area contributed by atoms with Gasteiger partial charge < -0.3 is 15.5 Å². The number of hydrogen-bond donors (Lipinski definition) is 2. The summed E-state index contributed by atoms with van der Waals surface area (Å²) in [7, 11) is 0. The van der Waals surface area contributed by atoms with Crippen LogP contribution in [0.3, 0.4) is 0 Å². The highest BCUT2D eigenvalue weighted by atomic mass is 19.1. The Hall–Kier alpha value is -4.99. The number of aromatic nitrogens is 4. The molecule has 8 nitrogen and oxygen atoms in total. The van der Waals surface area contributed by atoms with E-state index in [1.54, 1.807) is 12.1 Å². The van der Waals surface area contributed by atoms with E-state index in [1.165, 1.54) is 17.2 Å². The number of halogens is 1. The van der Waals surface area contributed by atoms with E-state index in [1.807, 2.05) is 35.5 Å². The average molecular weight is 641 g/mol. The van der Waals surface area contributed by atoms with E-state index in [-0.39, 0.29) is 12.0 Å². The zero-order chi connectivity index (χ0) is 32.3. The number of nitrogens with zero attached hydrogens (tertiary/aromatic N) is 6. The summed E-state index contributed by atoms with van der Waals surface area (Å²) in [6.07, 6.45) is 23.7. The highest BCUT2D eigenvalue weighted by Gasteiger charge is 2.27. The molecule has 0 amide bonds. The molecule has 0 spiro atoms. The first-order chi connectivity index (χ1) is 23.6. The highest BCUT2D eigenvalue weighted by molar-refractivity contribution is 5.88. The van der Waals surface area contributed by atoms with Crippen LogP contribution in [-0.2, 0) is 19.6 Å². The lowest BCUT2D eigenvalue weighted by Gasteiger charge is -2.36. The van der Waals surface area contributed by atoms with E-state index >= 15 is 0 Å². The molecule has 244 valence electrons. The molecule has 4 aliphatic rings. The molecule has 5 heterocycles. The quantitative estimate of drug-likeness (QED) is 0.241. The van der Waals surface area contributed by atoms with Crippen molar-refractivity contribution in [1.29, 1.82) is 0 Å². The summed E-state index contributed by atoms with van der Waals surface area (Å²) in [4.78, 5) is 5.11. The molecule has 2 N–H and O–H groups in total. The van der Waals surface area contributed by atoms with Gasteiger partial charge in [0.25, 0.3) is 0 Å². The van der Waals surface area contributed by atoms with Gasteiger partial charge in [-0.2, -0.15) is 10.2 Å². The van der Waals surface area contributed by atoms with E-state index in [2.05, 4.69) is 97.2 Å². The van der Waals surface area contributed by atoms with Crippen LogP contribution < -0.4 is 10.6 Å². The monoisotopic (exact) mass is 640 g/mol. The number of allylic oxidation sites excluding steroid dienone is 5. The Morgan fingerprint density at radius 3 is 2.42 bits per heavy atom. The maximum absolute atomic E-state index is 13.7. The van der Waals surface area contributed by atoms with Crippen molar-refractivity contribution in [2.45, 2.75) is 32.2 Å². The molecule has 3 aliphatic heterocycles. The fraction of sp³-hybridized carbons (Fsp3) is 0.282. The average Bonchev–Trinajstić information content (AvgIpc) is 3.87. The van der Waals surface area contributed by atoms with Crippen LogP contribution in [0.5, 0.6) is 0 Å². The molecular formula is C39H41FN8. The number of rotatable bonds is 10. The maximum Gasteiger partial charge on any atom is 0.123 e. The van der Waals surface area contributed by atoms with Crippen LogP contribution in [-0.4, -0.2) is 68.3 Å². The van der Waals surface area contributed by atoms with E-state index in [0.29, 0.717) is 12.5 Å². The molecule has 1 saturated heterocycles. The molecule has 0 bridgehead atoms. The third-order valence-corrected chi connectivity index (χ3v) is 9.70. The van der Waals surface area contributed by atoms with Gasteiger partial charge in [0.2, 0.25) is 0 Å². The third-order valence-electron chi connectivity index (χ3n) is 9.70. The van der Waals surface area contributed by atoms with Gasteiger partial charge in [-0.15, -0.1) is 0 Å². The van der Waals surface area contributed by atoms with Crippen molar-refractivity contribution in [2.75, 3.05) is 32.7 Å². The molecule has 2 unspecified atom stereocenters. The summed E-state index contributed by atoms with van der Waals surface area (Å²) in [6.45, 7) is 6.70. The summed E-state index contributed by atoms with van der Waals surface area (Å²) < 4.78 is 17.6. The van der Waals surface area contributed by atoms with Crippen molar-refractivity contribution in [3.63, 3.8) is 0 Å². The van der Waals surface area contributed by atoms with Crippen LogP contribution in [0.15, 0.2) is 127 Å². The first-order valence-corrected chi connectivity index (χ1v) is 16.9. The Morgan fingerprint density at radius 1 is 0.812 bits per heavy atom. The SMILES string of the molecule is Fc1cccc(Cn2cc(C3=CNC4NC=C(c5cnn(CN6CCN(CC7C=CC(Cc8ccccc8)=CC7)CC6)c5)C=C34)cn2)c1. The molecule has 48 heavy (non-hydrogen) atoms. The number of piperazine rings is 1. The fourth-order valence-electron chi connectivity index (χ4n) is 7.05. The fourth-order valence-corrected chi connectivity index (χ4v) is 7.05. The predicted molar refractivity (Wildman–Crippen MR) is 188 cm³/mol. The molecule has 2 atom stereocenters. The van der Waals surface area contributed by atoms with Gasteiger partial charge in [0, 0.05) is 85.4 Å². The zero-order valence-corrected chi connectivity index (χ0v) is 27.0. The number of nitrogens with one attached hydrogen (secondary N) is 2. The largest absolute Gasteiger partial charge is 0.367 e. The van der Waals surface area contributed by atoms with Crippen LogP contribution in [0.25, 0.3) is 11.1 Å². The first kappa shape index (κ1) is 30.4. The molecular weight excluding hydrogens is 599 g/mol. The van der Waals surface area contributed by atoms with Crippen LogP contribution >= 0.6 is 0 Å².